The van der Waals surface area contributed by atoms with Crippen molar-refractivity contribution in [3.8, 4) is 0 Å². The third-order valence-corrected chi connectivity index (χ3v) is 9.17. The first-order valence-corrected chi connectivity index (χ1v) is 16.4. The number of hydrogen-bond acceptors (Lipinski definition) is 4. The average molecular weight is 683 g/mol. The Morgan fingerprint density at radius 3 is 2.22 bits per heavy atom. The van der Waals surface area contributed by atoms with E-state index in [4.69, 9.17) is 23.2 Å². The first-order valence-electron chi connectivity index (χ1n) is 13.0. The number of hydrogen-bond donors (Lipinski definition) is 1. The first kappa shape index (κ1) is 32.9. The Morgan fingerprint density at radius 2 is 1.63 bits per heavy atom. The summed E-state index contributed by atoms with van der Waals surface area (Å²) in [5.41, 5.74) is 2.66. The molecule has 0 spiro atoms. The van der Waals surface area contributed by atoms with Crippen LogP contribution in [-0.4, -0.2) is 50.5 Å². The molecule has 0 fully saturated rings. The Kier molecular flexibility index (Phi) is 11.7. The molecule has 3 aromatic rings. The summed E-state index contributed by atoms with van der Waals surface area (Å²) in [6.07, 6.45) is 1.28. The van der Waals surface area contributed by atoms with Crippen molar-refractivity contribution in [1.29, 1.82) is 0 Å². The molecule has 7 nitrogen and oxygen atoms in total. The molecule has 1 N–H and O–H groups in total. The maximum atomic E-state index is 14.1. The van der Waals surface area contributed by atoms with Crippen LogP contribution in [0.25, 0.3) is 0 Å². The fraction of sp³-hybridized carbons (Fsp3) is 0.333. The van der Waals surface area contributed by atoms with Crippen LogP contribution < -0.4 is 9.62 Å². The number of anilines is 1. The van der Waals surface area contributed by atoms with Gasteiger partial charge in [-0.3, -0.25) is 13.9 Å². The van der Waals surface area contributed by atoms with Gasteiger partial charge < -0.3 is 10.2 Å². The van der Waals surface area contributed by atoms with Crippen LogP contribution in [0.4, 0.5) is 5.69 Å². The maximum Gasteiger partial charge on any atom is 0.244 e. The van der Waals surface area contributed by atoms with Crippen molar-refractivity contribution in [1.82, 2.24) is 10.2 Å². The number of rotatable bonds is 12. The van der Waals surface area contributed by atoms with E-state index in [1.165, 1.54) is 4.90 Å². The second-order valence-electron chi connectivity index (χ2n) is 10.3. The monoisotopic (exact) mass is 681 g/mol. The Hall–Kier alpha value is -2.59. The molecular formula is C30H34BrCl2N3O4S. The molecule has 3 aromatic carbocycles. The van der Waals surface area contributed by atoms with E-state index in [2.05, 4.69) is 21.2 Å². The van der Waals surface area contributed by atoms with Gasteiger partial charge in [-0.15, -0.1) is 0 Å². The lowest BCUT2D eigenvalue weighted by Gasteiger charge is -2.33. The number of benzene rings is 3. The molecule has 220 valence electrons. The molecular weight excluding hydrogens is 649 g/mol. The van der Waals surface area contributed by atoms with Crippen LogP contribution in [0.15, 0.2) is 71.2 Å². The summed E-state index contributed by atoms with van der Waals surface area (Å²) >= 11 is 15.8. The molecule has 0 aliphatic carbocycles. The molecule has 0 heterocycles. The molecule has 0 aliphatic rings. The van der Waals surface area contributed by atoms with E-state index in [1.807, 2.05) is 51.1 Å². The van der Waals surface area contributed by atoms with Gasteiger partial charge in [0.2, 0.25) is 21.8 Å². The third kappa shape index (κ3) is 9.46. The van der Waals surface area contributed by atoms with E-state index in [0.717, 1.165) is 26.2 Å². The van der Waals surface area contributed by atoms with Crippen molar-refractivity contribution in [3.63, 3.8) is 0 Å². The van der Waals surface area contributed by atoms with Crippen LogP contribution in [0.1, 0.15) is 30.5 Å². The van der Waals surface area contributed by atoms with E-state index in [0.29, 0.717) is 27.8 Å². The van der Waals surface area contributed by atoms with Crippen molar-refractivity contribution >= 4 is 66.7 Å². The summed E-state index contributed by atoms with van der Waals surface area (Å²) in [7, 11) is -3.86. The second-order valence-corrected chi connectivity index (χ2v) is 13.9. The number of aryl methyl sites for hydroxylation is 1. The third-order valence-electron chi connectivity index (χ3n) is 6.40. The summed E-state index contributed by atoms with van der Waals surface area (Å²) in [5, 5.41) is 3.62. The molecule has 0 saturated carbocycles. The van der Waals surface area contributed by atoms with Gasteiger partial charge in [0.15, 0.2) is 0 Å². The SMILES string of the molecule is Cc1cc(N(CC(=O)N(Cc2ccc(Cl)c(Cl)c2)[C@@H](Cc2ccccc2)C(=O)NCC(C)C)S(C)(=O)=O)ccc1Br. The lowest BCUT2D eigenvalue weighted by molar-refractivity contribution is -0.140. The van der Waals surface area contributed by atoms with Gasteiger partial charge >= 0.3 is 0 Å². The summed E-state index contributed by atoms with van der Waals surface area (Å²) in [6.45, 7) is 5.74. The molecule has 0 unspecified atom stereocenters. The predicted octanol–water partition coefficient (Wildman–Crippen LogP) is 6.24. The molecule has 11 heteroatoms. The number of amides is 2. The van der Waals surface area contributed by atoms with Crippen molar-refractivity contribution in [2.45, 2.75) is 39.8 Å². The average Bonchev–Trinajstić information content (AvgIpc) is 2.91. The second kappa shape index (κ2) is 14.5. The first-order chi connectivity index (χ1) is 19.3. The van der Waals surface area contributed by atoms with E-state index >= 15 is 0 Å². The quantitative estimate of drug-likeness (QED) is 0.245. The standard InChI is InChI=1S/C30H34BrCl2N3O4S/c1-20(2)17-34-30(38)28(16-22-8-6-5-7-9-22)35(18-23-10-13-26(32)27(33)15-23)29(37)19-36(41(4,39)40)24-11-12-25(31)21(3)14-24/h5-15,20,28H,16-19H2,1-4H3,(H,34,38)/t28-/m0/s1. The van der Waals surface area contributed by atoms with Crippen LogP contribution in [-0.2, 0) is 32.6 Å². The van der Waals surface area contributed by atoms with Crippen molar-refractivity contribution in [2.24, 2.45) is 5.92 Å². The van der Waals surface area contributed by atoms with Gasteiger partial charge in [-0.25, -0.2) is 8.42 Å². The van der Waals surface area contributed by atoms with E-state index in [9.17, 15) is 18.0 Å². The Morgan fingerprint density at radius 1 is 0.951 bits per heavy atom. The zero-order valence-electron chi connectivity index (χ0n) is 23.4. The van der Waals surface area contributed by atoms with Crippen LogP contribution in [0.5, 0.6) is 0 Å². The van der Waals surface area contributed by atoms with Crippen LogP contribution in [0.3, 0.4) is 0 Å². The number of nitrogens with zero attached hydrogens (tertiary/aromatic N) is 2. The Bertz CT molecular complexity index is 1490. The normalized spacial score (nSPS) is 12.2. The number of sulfonamides is 1. The number of carbonyl (C=O) groups excluding carboxylic acids is 2. The predicted molar refractivity (Wildman–Crippen MR) is 170 cm³/mol. The Labute approximate surface area is 261 Å². The lowest BCUT2D eigenvalue weighted by Crippen LogP contribution is -2.53. The van der Waals surface area contributed by atoms with Gasteiger partial charge in [-0.1, -0.05) is 89.4 Å². The molecule has 3 rings (SSSR count). The van der Waals surface area contributed by atoms with Gasteiger partial charge in [-0.2, -0.15) is 0 Å². The largest absolute Gasteiger partial charge is 0.354 e. The fourth-order valence-electron chi connectivity index (χ4n) is 4.21. The highest BCUT2D eigenvalue weighted by molar-refractivity contribution is 9.10. The highest BCUT2D eigenvalue weighted by Gasteiger charge is 2.33. The summed E-state index contributed by atoms with van der Waals surface area (Å²) < 4.78 is 27.7. The number of carbonyl (C=O) groups is 2. The fourth-order valence-corrected chi connectivity index (χ4v) is 5.62. The van der Waals surface area contributed by atoms with Crippen LogP contribution >= 0.6 is 39.1 Å². The van der Waals surface area contributed by atoms with Crippen molar-refractivity contribution in [2.75, 3.05) is 23.7 Å². The van der Waals surface area contributed by atoms with E-state index in [1.54, 1.807) is 36.4 Å². The molecule has 2 amide bonds. The molecule has 0 radical (unpaired) electrons. The molecule has 0 bridgehead atoms. The Balaban J connectivity index is 2.07. The van der Waals surface area contributed by atoms with Crippen molar-refractivity contribution < 1.29 is 18.0 Å². The van der Waals surface area contributed by atoms with Crippen LogP contribution in [0, 0.1) is 12.8 Å². The minimum atomic E-state index is -3.86. The van der Waals surface area contributed by atoms with Gasteiger partial charge in [-0.05, 0) is 59.9 Å². The smallest absolute Gasteiger partial charge is 0.244 e. The zero-order valence-corrected chi connectivity index (χ0v) is 27.3. The van der Waals surface area contributed by atoms with E-state index in [-0.39, 0.29) is 24.8 Å². The highest BCUT2D eigenvalue weighted by atomic mass is 79.9. The number of nitrogens with one attached hydrogen (secondary N) is 1. The zero-order chi connectivity index (χ0) is 30.3. The van der Waals surface area contributed by atoms with Gasteiger partial charge in [0.25, 0.3) is 0 Å². The summed E-state index contributed by atoms with van der Waals surface area (Å²) in [6, 6.07) is 18.5. The van der Waals surface area contributed by atoms with E-state index < -0.39 is 28.5 Å². The molecule has 0 saturated heterocycles. The topological polar surface area (TPSA) is 86.8 Å². The summed E-state index contributed by atoms with van der Waals surface area (Å²) in [4.78, 5) is 29.2. The minimum Gasteiger partial charge on any atom is -0.354 e. The molecule has 0 aliphatic heterocycles. The minimum absolute atomic E-state index is 0.0132. The highest BCUT2D eigenvalue weighted by Crippen LogP contribution is 2.27. The summed E-state index contributed by atoms with van der Waals surface area (Å²) in [5.74, 6) is -0.680. The molecule has 41 heavy (non-hydrogen) atoms. The molecule has 0 aromatic heterocycles. The lowest BCUT2D eigenvalue weighted by atomic mass is 10.0. The van der Waals surface area contributed by atoms with Crippen LogP contribution in [0.2, 0.25) is 10.0 Å². The number of halogens is 3. The van der Waals surface area contributed by atoms with Gasteiger partial charge in [0.05, 0.1) is 22.0 Å². The van der Waals surface area contributed by atoms with Crippen molar-refractivity contribution in [3.05, 3.63) is 97.9 Å². The van der Waals surface area contributed by atoms with Gasteiger partial charge in [0.1, 0.15) is 12.6 Å². The molecule has 1 atom stereocenters. The van der Waals surface area contributed by atoms with Gasteiger partial charge in [0, 0.05) is 24.0 Å². The maximum absolute atomic E-state index is 14.1.